The average Bonchev–Trinajstić information content (AvgIpc) is 2.27. The van der Waals surface area contributed by atoms with Crippen LogP contribution in [0.3, 0.4) is 0 Å². The molecular weight excluding hydrogens is 286 g/mol. The lowest BCUT2D eigenvalue weighted by Crippen LogP contribution is -2.37. The number of aromatic nitrogens is 1. The summed E-state index contributed by atoms with van der Waals surface area (Å²) in [5.41, 5.74) is 2.21. The molecule has 1 unspecified atom stereocenters. The van der Waals surface area contributed by atoms with Crippen LogP contribution in [0.5, 0.6) is 0 Å². The normalized spacial score (nSPS) is 18.9. The molecule has 0 aromatic carbocycles. The second-order valence-electron chi connectivity index (χ2n) is 4.60. The Morgan fingerprint density at radius 3 is 2.79 bits per heavy atom. The molecular formula is C12H18ClN3O2S. The first-order valence-electron chi connectivity index (χ1n) is 5.98. The Hall–Kier alpha value is -1.01. The van der Waals surface area contributed by atoms with Crippen LogP contribution < -0.4 is 4.90 Å². The lowest BCUT2D eigenvalue weighted by Gasteiger charge is -2.32. The largest absolute Gasteiger partial charge is 0.364 e. The van der Waals surface area contributed by atoms with Gasteiger partial charge in [0.05, 0.1) is 4.92 Å². The third kappa shape index (κ3) is 3.51. The van der Waals surface area contributed by atoms with Gasteiger partial charge in [-0.2, -0.15) is 11.8 Å². The molecule has 1 aromatic heterocycles. The lowest BCUT2D eigenvalue weighted by atomic mass is 10.2. The maximum atomic E-state index is 11.2. The number of anilines is 1. The van der Waals surface area contributed by atoms with Gasteiger partial charge in [0.1, 0.15) is 11.4 Å². The summed E-state index contributed by atoms with van der Waals surface area (Å²) in [4.78, 5) is 17.2. The van der Waals surface area contributed by atoms with E-state index in [4.69, 9.17) is 0 Å². The number of pyridine rings is 1. The second kappa shape index (κ2) is 6.43. The first-order valence-corrected chi connectivity index (χ1v) is 7.03. The van der Waals surface area contributed by atoms with Crippen molar-refractivity contribution in [1.82, 2.24) is 4.98 Å². The SMILES string of the molecule is Cc1cc(N2CCSC(C)C2)c([N+](=O)[O-])c(C)n1.Cl. The number of rotatable bonds is 2. The van der Waals surface area contributed by atoms with Crippen LogP contribution in [0.1, 0.15) is 18.3 Å². The highest BCUT2D eigenvalue weighted by atomic mass is 35.5. The van der Waals surface area contributed by atoms with Crippen LogP contribution in [-0.2, 0) is 0 Å². The minimum absolute atomic E-state index is 0. The predicted molar refractivity (Wildman–Crippen MR) is 81.7 cm³/mol. The molecule has 5 nitrogen and oxygen atoms in total. The Kier molecular flexibility index (Phi) is 5.43. The molecule has 0 bridgehead atoms. The molecule has 7 heteroatoms. The number of nitro groups is 1. The van der Waals surface area contributed by atoms with Crippen LogP contribution in [0.15, 0.2) is 6.07 Å². The monoisotopic (exact) mass is 303 g/mol. The van der Waals surface area contributed by atoms with E-state index in [1.54, 1.807) is 6.92 Å². The van der Waals surface area contributed by atoms with E-state index in [9.17, 15) is 10.1 Å². The smallest absolute Gasteiger partial charge is 0.313 e. The van der Waals surface area contributed by atoms with Gasteiger partial charge in [0, 0.05) is 29.8 Å². The molecule has 2 rings (SSSR count). The van der Waals surface area contributed by atoms with Crippen LogP contribution in [0.25, 0.3) is 0 Å². The molecule has 19 heavy (non-hydrogen) atoms. The molecule has 1 saturated heterocycles. The van der Waals surface area contributed by atoms with Gasteiger partial charge < -0.3 is 4.90 Å². The number of aryl methyl sites for hydroxylation is 2. The number of hydrogen-bond acceptors (Lipinski definition) is 5. The number of thioether (sulfide) groups is 1. The zero-order chi connectivity index (χ0) is 13.3. The highest BCUT2D eigenvalue weighted by Gasteiger charge is 2.26. The van der Waals surface area contributed by atoms with Crippen LogP contribution in [0, 0.1) is 24.0 Å². The van der Waals surface area contributed by atoms with E-state index in [-0.39, 0.29) is 23.0 Å². The molecule has 106 valence electrons. The molecule has 0 amide bonds. The van der Waals surface area contributed by atoms with E-state index in [1.807, 2.05) is 24.8 Å². The topological polar surface area (TPSA) is 59.3 Å². The molecule has 1 aliphatic rings. The predicted octanol–water partition coefficient (Wildman–Crippen LogP) is 2.97. The van der Waals surface area contributed by atoms with Crippen molar-refractivity contribution in [2.45, 2.75) is 26.0 Å². The molecule has 0 saturated carbocycles. The molecule has 0 N–H and O–H groups in total. The molecule has 2 heterocycles. The first kappa shape index (κ1) is 16.0. The minimum atomic E-state index is -0.316. The van der Waals surface area contributed by atoms with Crippen molar-refractivity contribution in [2.24, 2.45) is 0 Å². The quantitative estimate of drug-likeness (QED) is 0.621. The summed E-state index contributed by atoms with van der Waals surface area (Å²) in [6, 6.07) is 1.83. The number of nitrogens with zero attached hydrogens (tertiary/aromatic N) is 3. The van der Waals surface area contributed by atoms with Crippen LogP contribution in [-0.4, -0.2) is 34.0 Å². The summed E-state index contributed by atoms with van der Waals surface area (Å²) in [5, 5.41) is 11.7. The lowest BCUT2D eigenvalue weighted by molar-refractivity contribution is -0.385. The van der Waals surface area contributed by atoms with Crippen molar-refractivity contribution in [3.05, 3.63) is 27.6 Å². The Morgan fingerprint density at radius 2 is 2.21 bits per heavy atom. The molecule has 0 aliphatic carbocycles. The Balaban J connectivity index is 0.00000180. The van der Waals surface area contributed by atoms with Gasteiger partial charge in [-0.15, -0.1) is 12.4 Å². The van der Waals surface area contributed by atoms with Crippen LogP contribution in [0.2, 0.25) is 0 Å². The van der Waals surface area contributed by atoms with Gasteiger partial charge in [0.2, 0.25) is 0 Å². The molecule has 0 radical (unpaired) electrons. The van der Waals surface area contributed by atoms with Gasteiger partial charge in [0.25, 0.3) is 0 Å². The van der Waals surface area contributed by atoms with E-state index in [0.717, 1.165) is 30.2 Å². The standard InChI is InChI=1S/C12H17N3O2S.ClH/c1-8-6-11(12(15(16)17)10(3)13-8)14-4-5-18-9(2)7-14;/h6,9H,4-5,7H2,1-3H3;1H. The Labute approximate surface area is 123 Å². The summed E-state index contributed by atoms with van der Waals surface area (Å²) in [6.45, 7) is 7.45. The zero-order valence-corrected chi connectivity index (χ0v) is 12.9. The summed E-state index contributed by atoms with van der Waals surface area (Å²) in [5.74, 6) is 1.01. The van der Waals surface area contributed by atoms with Gasteiger partial charge in [0.15, 0.2) is 0 Å². The third-order valence-electron chi connectivity index (χ3n) is 3.04. The van der Waals surface area contributed by atoms with Crippen molar-refractivity contribution in [2.75, 3.05) is 23.7 Å². The summed E-state index contributed by atoms with van der Waals surface area (Å²) >= 11 is 1.91. The van der Waals surface area contributed by atoms with E-state index in [1.165, 1.54) is 0 Å². The van der Waals surface area contributed by atoms with Crippen molar-refractivity contribution >= 4 is 35.5 Å². The second-order valence-corrected chi connectivity index (χ2v) is 6.15. The number of halogens is 1. The summed E-state index contributed by atoms with van der Waals surface area (Å²) < 4.78 is 0. The van der Waals surface area contributed by atoms with Gasteiger partial charge in [-0.3, -0.25) is 15.1 Å². The van der Waals surface area contributed by atoms with Gasteiger partial charge in [-0.05, 0) is 19.9 Å². The Morgan fingerprint density at radius 1 is 1.53 bits per heavy atom. The summed E-state index contributed by atoms with van der Waals surface area (Å²) in [7, 11) is 0. The van der Waals surface area contributed by atoms with Gasteiger partial charge >= 0.3 is 5.69 Å². The van der Waals surface area contributed by atoms with Crippen molar-refractivity contribution < 1.29 is 4.92 Å². The highest BCUT2D eigenvalue weighted by molar-refractivity contribution is 8.00. The van der Waals surface area contributed by atoms with Crippen molar-refractivity contribution in [3.8, 4) is 0 Å². The fourth-order valence-electron chi connectivity index (χ4n) is 2.31. The van der Waals surface area contributed by atoms with E-state index < -0.39 is 0 Å². The third-order valence-corrected chi connectivity index (χ3v) is 4.18. The number of hydrogen-bond donors (Lipinski definition) is 0. The summed E-state index contributed by atoms with van der Waals surface area (Å²) in [6.07, 6.45) is 0. The minimum Gasteiger partial charge on any atom is -0.364 e. The molecule has 1 fully saturated rings. The van der Waals surface area contributed by atoms with Crippen LogP contribution >= 0.6 is 24.2 Å². The molecule has 1 aliphatic heterocycles. The van der Waals surface area contributed by atoms with Crippen molar-refractivity contribution in [3.63, 3.8) is 0 Å². The average molecular weight is 304 g/mol. The Bertz CT molecular complexity index is 484. The molecule has 1 atom stereocenters. The van der Waals surface area contributed by atoms with E-state index in [2.05, 4.69) is 16.8 Å². The van der Waals surface area contributed by atoms with E-state index >= 15 is 0 Å². The van der Waals surface area contributed by atoms with Gasteiger partial charge in [-0.1, -0.05) is 6.92 Å². The highest BCUT2D eigenvalue weighted by Crippen LogP contribution is 2.33. The van der Waals surface area contributed by atoms with Crippen molar-refractivity contribution in [1.29, 1.82) is 0 Å². The molecule has 1 aromatic rings. The fraction of sp³-hybridized carbons (Fsp3) is 0.583. The van der Waals surface area contributed by atoms with Gasteiger partial charge in [-0.25, -0.2) is 0 Å². The van der Waals surface area contributed by atoms with Crippen LogP contribution in [0.4, 0.5) is 11.4 Å². The fourth-order valence-corrected chi connectivity index (χ4v) is 3.32. The molecule has 0 spiro atoms. The van der Waals surface area contributed by atoms with E-state index in [0.29, 0.717) is 10.9 Å². The zero-order valence-electron chi connectivity index (χ0n) is 11.3. The maximum absolute atomic E-state index is 11.2. The first-order chi connectivity index (χ1) is 8.49. The maximum Gasteiger partial charge on any atom is 0.313 e.